The quantitative estimate of drug-likeness (QED) is 0.685. The van der Waals surface area contributed by atoms with E-state index in [4.69, 9.17) is 10.8 Å². The number of nitrogen functional groups attached to an aromatic ring is 1. The number of nitrogens with one attached hydrogen (secondary N) is 1. The molecule has 4 nitrogen and oxygen atoms in total. The molecule has 4 N–H and O–H groups in total. The summed E-state index contributed by atoms with van der Waals surface area (Å²) >= 11 is 1.34. The van der Waals surface area contributed by atoms with Gasteiger partial charge in [0.1, 0.15) is 10.8 Å². The van der Waals surface area contributed by atoms with Gasteiger partial charge in [0.05, 0.1) is 6.61 Å². The predicted octanol–water partition coefficient (Wildman–Crippen LogP) is 1.22. The average molecular weight is 201 g/mol. The molecule has 0 bridgehead atoms. The summed E-state index contributed by atoms with van der Waals surface area (Å²) < 4.78 is 4.01. The predicted molar refractivity (Wildman–Crippen MR) is 56.1 cm³/mol. The van der Waals surface area contributed by atoms with E-state index in [9.17, 15) is 0 Å². The summed E-state index contributed by atoms with van der Waals surface area (Å²) in [6, 6.07) is 0.0959. The largest absolute Gasteiger partial charge is 0.394 e. The summed E-state index contributed by atoms with van der Waals surface area (Å²) in [5, 5.41) is 13.1. The van der Waals surface area contributed by atoms with Crippen molar-refractivity contribution in [2.75, 3.05) is 17.7 Å². The average Bonchev–Trinajstić information content (AvgIpc) is 2.45. The maximum absolute atomic E-state index is 8.98. The van der Waals surface area contributed by atoms with Gasteiger partial charge in [-0.3, -0.25) is 0 Å². The van der Waals surface area contributed by atoms with Crippen LogP contribution in [0.25, 0.3) is 0 Å². The highest BCUT2D eigenvalue weighted by Crippen LogP contribution is 2.26. The van der Waals surface area contributed by atoms with Gasteiger partial charge in [-0.2, -0.15) is 4.37 Å². The van der Waals surface area contributed by atoms with E-state index in [1.165, 1.54) is 11.5 Å². The Bertz CT molecular complexity index is 270. The van der Waals surface area contributed by atoms with E-state index in [0.29, 0.717) is 5.82 Å². The summed E-state index contributed by atoms with van der Waals surface area (Å²) in [7, 11) is 0. The van der Waals surface area contributed by atoms with Crippen molar-refractivity contribution in [3.05, 3.63) is 5.56 Å². The smallest absolute Gasteiger partial charge is 0.142 e. The summed E-state index contributed by atoms with van der Waals surface area (Å²) in [5.41, 5.74) is 6.57. The Hall–Kier alpha value is -0.810. The molecule has 0 aliphatic heterocycles. The third kappa shape index (κ3) is 2.32. The van der Waals surface area contributed by atoms with E-state index in [1.54, 1.807) is 0 Å². The third-order valence-electron chi connectivity index (χ3n) is 2.01. The number of nitrogens with two attached hydrogens (primary N) is 1. The second kappa shape index (κ2) is 4.43. The van der Waals surface area contributed by atoms with Crippen LogP contribution in [0.15, 0.2) is 0 Å². The lowest BCUT2D eigenvalue weighted by molar-refractivity contribution is 0.272. The maximum atomic E-state index is 8.98. The van der Waals surface area contributed by atoms with Crippen molar-refractivity contribution in [1.29, 1.82) is 0 Å². The first-order chi connectivity index (χ1) is 6.19. The summed E-state index contributed by atoms with van der Waals surface area (Å²) in [6.07, 6.45) is 0.883. The topological polar surface area (TPSA) is 71.2 Å². The second-order valence-electron chi connectivity index (χ2n) is 2.95. The maximum Gasteiger partial charge on any atom is 0.142 e. The van der Waals surface area contributed by atoms with E-state index in [-0.39, 0.29) is 12.6 Å². The van der Waals surface area contributed by atoms with Gasteiger partial charge in [-0.15, -0.1) is 0 Å². The monoisotopic (exact) mass is 201 g/mol. The molecule has 1 rings (SSSR count). The minimum atomic E-state index is 0.0959. The molecule has 1 unspecified atom stereocenters. The molecular formula is C8H15N3OS. The highest BCUT2D eigenvalue weighted by atomic mass is 32.1. The van der Waals surface area contributed by atoms with Crippen molar-refractivity contribution in [3.8, 4) is 0 Å². The van der Waals surface area contributed by atoms with Crippen molar-refractivity contribution >= 4 is 22.4 Å². The zero-order valence-electron chi connectivity index (χ0n) is 7.87. The van der Waals surface area contributed by atoms with Crippen LogP contribution in [0.4, 0.5) is 10.8 Å². The lowest BCUT2D eigenvalue weighted by Gasteiger charge is -2.13. The Morgan fingerprint density at radius 3 is 2.77 bits per heavy atom. The molecule has 1 heterocycles. The van der Waals surface area contributed by atoms with Crippen molar-refractivity contribution in [2.45, 2.75) is 26.3 Å². The molecule has 0 fully saturated rings. The van der Waals surface area contributed by atoms with Crippen LogP contribution in [-0.4, -0.2) is 22.1 Å². The number of hydrogen-bond acceptors (Lipinski definition) is 5. The molecule has 0 aromatic carbocycles. The van der Waals surface area contributed by atoms with Crippen LogP contribution >= 0.6 is 11.5 Å². The molecule has 0 aliphatic rings. The molecule has 13 heavy (non-hydrogen) atoms. The number of aromatic nitrogens is 1. The molecule has 74 valence electrons. The molecule has 0 amide bonds. The van der Waals surface area contributed by atoms with Gasteiger partial charge in [-0.25, -0.2) is 0 Å². The molecular weight excluding hydrogens is 186 g/mol. The molecule has 1 aromatic rings. The Balaban J connectivity index is 2.67. The van der Waals surface area contributed by atoms with Crippen LogP contribution in [0, 0.1) is 6.92 Å². The molecule has 0 radical (unpaired) electrons. The zero-order chi connectivity index (χ0) is 9.84. The molecule has 0 aliphatic carbocycles. The van der Waals surface area contributed by atoms with Gasteiger partial charge in [0.2, 0.25) is 0 Å². The molecule has 0 spiro atoms. The normalized spacial score (nSPS) is 12.8. The Morgan fingerprint density at radius 1 is 1.69 bits per heavy atom. The van der Waals surface area contributed by atoms with E-state index < -0.39 is 0 Å². The van der Waals surface area contributed by atoms with Crippen LogP contribution in [0.2, 0.25) is 0 Å². The summed E-state index contributed by atoms with van der Waals surface area (Å²) in [5.74, 6) is 0.570. The fourth-order valence-corrected chi connectivity index (χ4v) is 1.73. The highest BCUT2D eigenvalue weighted by molar-refractivity contribution is 7.10. The van der Waals surface area contributed by atoms with Gasteiger partial charge in [0.15, 0.2) is 0 Å². The number of anilines is 2. The van der Waals surface area contributed by atoms with Crippen LogP contribution in [-0.2, 0) is 0 Å². The molecule has 5 heteroatoms. The van der Waals surface area contributed by atoms with E-state index in [2.05, 4.69) is 9.69 Å². The second-order valence-corrected chi connectivity index (χ2v) is 3.73. The van der Waals surface area contributed by atoms with Crippen molar-refractivity contribution < 1.29 is 5.11 Å². The number of aliphatic hydroxyl groups is 1. The highest BCUT2D eigenvalue weighted by Gasteiger charge is 2.10. The van der Waals surface area contributed by atoms with Gasteiger partial charge in [-0.1, -0.05) is 6.92 Å². The lowest BCUT2D eigenvalue weighted by Crippen LogP contribution is -2.22. The number of nitrogens with zero attached hydrogens (tertiary/aromatic N) is 1. The Kier molecular flexibility index (Phi) is 3.50. The minimum Gasteiger partial charge on any atom is -0.394 e. The fraction of sp³-hybridized carbons (Fsp3) is 0.625. The van der Waals surface area contributed by atoms with Crippen molar-refractivity contribution in [3.63, 3.8) is 0 Å². The van der Waals surface area contributed by atoms with Crippen molar-refractivity contribution in [2.24, 2.45) is 0 Å². The van der Waals surface area contributed by atoms with Crippen molar-refractivity contribution in [1.82, 2.24) is 4.37 Å². The molecule has 1 aromatic heterocycles. The number of rotatable bonds is 4. The van der Waals surface area contributed by atoms with Crippen LogP contribution in [0.1, 0.15) is 18.9 Å². The van der Waals surface area contributed by atoms with E-state index in [0.717, 1.165) is 17.0 Å². The first-order valence-corrected chi connectivity index (χ1v) is 5.05. The number of aliphatic hydroxyl groups excluding tert-OH is 1. The lowest BCUT2D eigenvalue weighted by atomic mass is 10.2. The Morgan fingerprint density at radius 2 is 2.38 bits per heavy atom. The summed E-state index contributed by atoms with van der Waals surface area (Å²) in [4.78, 5) is 0. The third-order valence-corrected chi connectivity index (χ3v) is 2.90. The molecule has 0 saturated carbocycles. The van der Waals surface area contributed by atoms with Gasteiger partial charge in [0.25, 0.3) is 0 Å². The van der Waals surface area contributed by atoms with Gasteiger partial charge < -0.3 is 16.2 Å². The van der Waals surface area contributed by atoms with Gasteiger partial charge >= 0.3 is 0 Å². The van der Waals surface area contributed by atoms with Crippen LogP contribution in [0.5, 0.6) is 0 Å². The SMILES string of the molecule is CCC(CO)Nc1snc(N)c1C. The first kappa shape index (κ1) is 10.3. The van der Waals surface area contributed by atoms with Crippen LogP contribution in [0.3, 0.4) is 0 Å². The first-order valence-electron chi connectivity index (χ1n) is 4.28. The Labute approximate surface area is 81.9 Å². The molecule has 0 saturated heterocycles. The fourth-order valence-electron chi connectivity index (χ4n) is 0.945. The minimum absolute atomic E-state index is 0.0959. The van der Waals surface area contributed by atoms with Gasteiger partial charge in [-0.05, 0) is 24.9 Å². The zero-order valence-corrected chi connectivity index (χ0v) is 8.69. The van der Waals surface area contributed by atoms with Gasteiger partial charge in [0, 0.05) is 11.6 Å². The van der Waals surface area contributed by atoms with Crippen LogP contribution < -0.4 is 11.1 Å². The summed E-state index contributed by atoms with van der Waals surface area (Å²) in [6.45, 7) is 4.08. The molecule has 1 atom stereocenters. The standard InChI is InChI=1S/C8H15N3OS/c1-3-6(4-12)10-8-5(2)7(9)11-13-8/h6,10,12H,3-4H2,1-2H3,(H2,9,11). The van der Waals surface area contributed by atoms with E-state index >= 15 is 0 Å². The van der Waals surface area contributed by atoms with E-state index in [1.807, 2.05) is 13.8 Å². The number of hydrogen-bond donors (Lipinski definition) is 3.